The first kappa shape index (κ1) is 21.5. The second kappa shape index (κ2) is 9.09. The molecule has 0 fully saturated rings. The van der Waals surface area contributed by atoms with E-state index in [4.69, 9.17) is 14.2 Å². The number of hydrogen-bond donors (Lipinski definition) is 0. The van der Waals surface area contributed by atoms with Gasteiger partial charge in [0, 0.05) is 18.2 Å². The first-order chi connectivity index (χ1) is 14.3. The van der Waals surface area contributed by atoms with Crippen molar-refractivity contribution < 1.29 is 19.0 Å². The zero-order chi connectivity index (χ0) is 21.7. The Morgan fingerprint density at radius 1 is 0.967 bits per heavy atom. The molecule has 30 heavy (non-hydrogen) atoms. The maximum Gasteiger partial charge on any atom is 0.336 e. The smallest absolute Gasteiger partial charge is 0.336 e. The number of nitrogens with zero attached hydrogens (tertiary/aromatic N) is 3. The van der Waals surface area contributed by atoms with Gasteiger partial charge in [-0.25, -0.2) is 0 Å². The maximum absolute atomic E-state index is 13.2. The second-order valence-corrected chi connectivity index (χ2v) is 7.83. The van der Waals surface area contributed by atoms with Gasteiger partial charge in [-0.15, -0.1) is 5.10 Å². The Labute approximate surface area is 176 Å². The summed E-state index contributed by atoms with van der Waals surface area (Å²) in [5.41, 5.74) is 2.40. The van der Waals surface area contributed by atoms with Gasteiger partial charge >= 0.3 is 6.01 Å². The highest BCUT2D eigenvalue weighted by Crippen LogP contribution is 2.25. The van der Waals surface area contributed by atoms with Gasteiger partial charge in [0.05, 0.1) is 13.7 Å². The number of ether oxygens (including phenoxy) is 3. The Bertz CT molecular complexity index is 987. The van der Waals surface area contributed by atoms with Crippen LogP contribution in [0.4, 0.5) is 0 Å². The Hall–Kier alpha value is -3.19. The van der Waals surface area contributed by atoms with E-state index in [1.165, 1.54) is 4.68 Å². The monoisotopic (exact) mass is 409 g/mol. The zero-order valence-corrected chi connectivity index (χ0v) is 18.0. The van der Waals surface area contributed by atoms with Crippen molar-refractivity contribution in [2.24, 2.45) is 0 Å². The number of methoxy groups -OCH3 is 2. The van der Waals surface area contributed by atoms with Crippen LogP contribution in [0.25, 0.3) is 11.4 Å². The van der Waals surface area contributed by atoms with E-state index in [-0.39, 0.29) is 23.9 Å². The molecule has 1 aromatic heterocycles. The molecule has 0 unspecified atom stereocenters. The molecule has 0 saturated carbocycles. The molecule has 0 N–H and O–H groups in total. The van der Waals surface area contributed by atoms with Gasteiger partial charge in [0.15, 0.2) is 5.82 Å². The van der Waals surface area contributed by atoms with Crippen LogP contribution < -0.4 is 9.47 Å². The molecule has 2 aromatic carbocycles. The van der Waals surface area contributed by atoms with Crippen molar-refractivity contribution in [1.29, 1.82) is 0 Å². The van der Waals surface area contributed by atoms with Crippen LogP contribution in [-0.4, -0.2) is 48.1 Å². The van der Waals surface area contributed by atoms with Crippen molar-refractivity contribution in [3.8, 4) is 23.1 Å². The molecule has 0 aliphatic rings. The van der Waals surface area contributed by atoms with Gasteiger partial charge in [0.25, 0.3) is 5.91 Å². The fourth-order valence-electron chi connectivity index (χ4n) is 2.87. The van der Waals surface area contributed by atoms with Gasteiger partial charge in [0.2, 0.25) is 0 Å². The predicted molar refractivity (Wildman–Crippen MR) is 114 cm³/mol. The average molecular weight is 409 g/mol. The number of carbonyl (C=O) groups excluding carboxylic acids is 1. The third-order valence-electron chi connectivity index (χ3n) is 4.64. The average Bonchev–Trinajstić information content (AvgIpc) is 3.17. The minimum atomic E-state index is -0.282. The highest BCUT2D eigenvalue weighted by atomic mass is 16.5. The van der Waals surface area contributed by atoms with Gasteiger partial charge in [-0.05, 0) is 47.4 Å². The Balaban J connectivity index is 1.97. The number of aromatic nitrogens is 3. The van der Waals surface area contributed by atoms with Crippen LogP contribution in [0.1, 0.15) is 36.7 Å². The molecule has 0 aliphatic heterocycles. The van der Waals surface area contributed by atoms with E-state index < -0.39 is 0 Å². The summed E-state index contributed by atoms with van der Waals surface area (Å²) in [6.07, 6.45) is 0. The van der Waals surface area contributed by atoms with E-state index in [0.717, 1.165) is 11.1 Å². The van der Waals surface area contributed by atoms with Crippen LogP contribution in [-0.2, 0) is 10.2 Å². The first-order valence-corrected chi connectivity index (χ1v) is 9.72. The SMILES string of the molecule is COCCOc1nc(-c2ccc(OC)cc2)n(C(=O)c2ccc(C(C)(C)C)cc2)n1. The molecule has 0 bridgehead atoms. The summed E-state index contributed by atoms with van der Waals surface area (Å²) in [5, 5.41) is 4.30. The minimum absolute atomic E-state index is 0.00540. The molecule has 7 nitrogen and oxygen atoms in total. The molecule has 3 rings (SSSR count). The third-order valence-corrected chi connectivity index (χ3v) is 4.64. The summed E-state index contributed by atoms with van der Waals surface area (Å²) in [6.45, 7) is 7.08. The lowest BCUT2D eigenvalue weighted by Gasteiger charge is -2.19. The molecular formula is C23H27N3O4. The molecule has 0 atom stereocenters. The van der Waals surface area contributed by atoms with Crippen LogP contribution >= 0.6 is 0 Å². The van der Waals surface area contributed by atoms with Gasteiger partial charge < -0.3 is 14.2 Å². The van der Waals surface area contributed by atoms with Crippen LogP contribution in [0.15, 0.2) is 48.5 Å². The summed E-state index contributed by atoms with van der Waals surface area (Å²) in [5.74, 6) is 0.829. The van der Waals surface area contributed by atoms with Crippen molar-refractivity contribution >= 4 is 5.91 Å². The lowest BCUT2D eigenvalue weighted by atomic mass is 9.87. The van der Waals surface area contributed by atoms with Gasteiger partial charge in [0.1, 0.15) is 12.4 Å². The summed E-state index contributed by atoms with van der Waals surface area (Å²) < 4.78 is 17.0. The van der Waals surface area contributed by atoms with E-state index in [9.17, 15) is 4.79 Å². The van der Waals surface area contributed by atoms with Crippen molar-refractivity contribution in [2.45, 2.75) is 26.2 Å². The lowest BCUT2D eigenvalue weighted by Crippen LogP contribution is -2.16. The molecule has 158 valence electrons. The number of rotatable bonds is 7. The van der Waals surface area contributed by atoms with Crippen molar-refractivity contribution in [3.05, 3.63) is 59.7 Å². The Morgan fingerprint density at radius 2 is 1.63 bits per heavy atom. The third kappa shape index (κ3) is 4.86. The normalized spacial score (nSPS) is 11.4. The van der Waals surface area contributed by atoms with Crippen molar-refractivity contribution in [3.63, 3.8) is 0 Å². The topological polar surface area (TPSA) is 75.5 Å². The predicted octanol–water partition coefficient (Wildman–Crippen LogP) is 3.96. The van der Waals surface area contributed by atoms with E-state index in [1.807, 2.05) is 48.5 Å². The lowest BCUT2D eigenvalue weighted by molar-refractivity contribution is 0.0943. The fraction of sp³-hybridized carbons (Fsp3) is 0.348. The van der Waals surface area contributed by atoms with Crippen LogP contribution in [0, 0.1) is 0 Å². The quantitative estimate of drug-likeness (QED) is 0.550. The molecule has 0 saturated heterocycles. The summed E-state index contributed by atoms with van der Waals surface area (Å²) >= 11 is 0. The Morgan fingerprint density at radius 3 is 2.20 bits per heavy atom. The van der Waals surface area contributed by atoms with Crippen LogP contribution in [0.2, 0.25) is 0 Å². The van der Waals surface area contributed by atoms with E-state index >= 15 is 0 Å². The molecule has 0 radical (unpaired) electrons. The maximum atomic E-state index is 13.2. The van der Waals surface area contributed by atoms with Gasteiger partial charge in [-0.3, -0.25) is 4.79 Å². The van der Waals surface area contributed by atoms with Crippen molar-refractivity contribution in [1.82, 2.24) is 14.8 Å². The van der Waals surface area contributed by atoms with Gasteiger partial charge in [-0.1, -0.05) is 32.9 Å². The number of hydrogen-bond acceptors (Lipinski definition) is 6. The highest BCUT2D eigenvalue weighted by molar-refractivity contribution is 5.97. The molecule has 0 amide bonds. The molecule has 0 spiro atoms. The van der Waals surface area contributed by atoms with Gasteiger partial charge in [-0.2, -0.15) is 9.67 Å². The number of carbonyl (C=O) groups is 1. The number of benzene rings is 2. The largest absolute Gasteiger partial charge is 0.497 e. The highest BCUT2D eigenvalue weighted by Gasteiger charge is 2.21. The van der Waals surface area contributed by atoms with E-state index in [0.29, 0.717) is 23.7 Å². The summed E-state index contributed by atoms with van der Waals surface area (Å²) in [4.78, 5) is 17.6. The van der Waals surface area contributed by atoms with E-state index in [1.54, 1.807) is 14.2 Å². The summed E-state index contributed by atoms with van der Waals surface area (Å²) in [6, 6.07) is 15.0. The summed E-state index contributed by atoms with van der Waals surface area (Å²) in [7, 11) is 3.19. The zero-order valence-electron chi connectivity index (χ0n) is 18.0. The van der Waals surface area contributed by atoms with Crippen LogP contribution in [0.3, 0.4) is 0 Å². The minimum Gasteiger partial charge on any atom is -0.497 e. The molecule has 7 heteroatoms. The Kier molecular flexibility index (Phi) is 6.52. The van der Waals surface area contributed by atoms with E-state index in [2.05, 4.69) is 30.9 Å². The second-order valence-electron chi connectivity index (χ2n) is 7.83. The molecule has 3 aromatic rings. The first-order valence-electron chi connectivity index (χ1n) is 9.72. The molecular weight excluding hydrogens is 382 g/mol. The molecule has 0 aliphatic carbocycles. The molecule has 1 heterocycles. The van der Waals surface area contributed by atoms with Crippen molar-refractivity contribution in [2.75, 3.05) is 27.4 Å². The fourth-order valence-corrected chi connectivity index (χ4v) is 2.87. The van der Waals surface area contributed by atoms with Crippen LogP contribution in [0.5, 0.6) is 11.8 Å². The standard InChI is InChI=1S/C23H27N3O4/c1-23(2,3)18-10-6-17(7-11-18)21(27)26-20(16-8-12-19(29-5)13-9-16)24-22(25-26)30-15-14-28-4/h6-13H,14-15H2,1-5H3.